The van der Waals surface area contributed by atoms with Crippen LogP contribution in [0, 0.1) is 5.92 Å². The molecule has 0 spiro atoms. The van der Waals surface area contributed by atoms with Crippen molar-refractivity contribution < 1.29 is 29.0 Å². The number of ketones is 2. The number of carbonyl (C=O) groups is 4. The summed E-state index contributed by atoms with van der Waals surface area (Å²) in [7, 11) is 0. The van der Waals surface area contributed by atoms with Gasteiger partial charge in [0.1, 0.15) is 11.5 Å². The van der Waals surface area contributed by atoms with Crippen LogP contribution in [0.2, 0.25) is 0 Å². The van der Waals surface area contributed by atoms with Gasteiger partial charge < -0.3 is 9.84 Å². The van der Waals surface area contributed by atoms with Crippen LogP contribution in [0.15, 0.2) is 65.9 Å². The summed E-state index contributed by atoms with van der Waals surface area (Å²) in [5, 5.41) is 11.8. The molecule has 0 unspecified atom stereocenters. The van der Waals surface area contributed by atoms with E-state index >= 15 is 0 Å². The van der Waals surface area contributed by atoms with Gasteiger partial charge in [0, 0.05) is 12.0 Å². The van der Waals surface area contributed by atoms with Crippen molar-refractivity contribution in [2.24, 2.45) is 5.92 Å². The van der Waals surface area contributed by atoms with Crippen molar-refractivity contribution in [2.75, 3.05) is 4.90 Å². The van der Waals surface area contributed by atoms with Crippen LogP contribution in [-0.4, -0.2) is 34.2 Å². The zero-order chi connectivity index (χ0) is 21.8. The summed E-state index contributed by atoms with van der Waals surface area (Å²) in [6.07, 6.45) is 1.76. The second-order valence-electron chi connectivity index (χ2n) is 7.95. The highest BCUT2D eigenvalue weighted by molar-refractivity contribution is 6.29. The fourth-order valence-electron chi connectivity index (χ4n) is 4.73. The quantitative estimate of drug-likeness (QED) is 0.468. The molecule has 7 heteroatoms. The Kier molecular flexibility index (Phi) is 4.37. The molecular weight excluding hydrogens is 398 g/mol. The van der Waals surface area contributed by atoms with Crippen LogP contribution >= 0.6 is 0 Å². The molecule has 0 saturated heterocycles. The number of ether oxygens (including phenoxy) is 1. The van der Waals surface area contributed by atoms with Crippen LogP contribution in [0.25, 0.3) is 0 Å². The van der Waals surface area contributed by atoms with E-state index in [9.17, 15) is 24.3 Å². The van der Waals surface area contributed by atoms with Crippen LogP contribution in [-0.2, 0) is 14.4 Å². The number of Topliss-reactive ketones (excluding diaryl/α,β-unsaturated/α-hetero) is 2. The maximum Gasteiger partial charge on any atom is 0.361 e. The average molecular weight is 417 g/mol. The lowest BCUT2D eigenvalue weighted by atomic mass is 9.71. The lowest BCUT2D eigenvalue weighted by Crippen LogP contribution is -2.53. The molecule has 1 aliphatic carbocycles. The molecule has 2 atom stereocenters. The van der Waals surface area contributed by atoms with Gasteiger partial charge in [-0.2, -0.15) is 0 Å². The first kappa shape index (κ1) is 19.4. The molecule has 7 nitrogen and oxygen atoms in total. The molecule has 3 aliphatic rings. The van der Waals surface area contributed by atoms with E-state index in [2.05, 4.69) is 0 Å². The largest absolute Gasteiger partial charge is 0.420 e. The second-order valence-corrected chi connectivity index (χ2v) is 7.95. The molecule has 5 rings (SSSR count). The first-order valence-corrected chi connectivity index (χ1v) is 10.2. The molecule has 1 saturated carbocycles. The highest BCUT2D eigenvalue weighted by Gasteiger charge is 2.63. The minimum Gasteiger partial charge on any atom is -0.420 e. The van der Waals surface area contributed by atoms with Gasteiger partial charge in [0.2, 0.25) is 0 Å². The normalized spacial score (nSPS) is 25.3. The number of esters is 1. The molecule has 2 heterocycles. The zero-order valence-corrected chi connectivity index (χ0v) is 16.5. The first-order chi connectivity index (χ1) is 14.9. The number of benzene rings is 2. The van der Waals surface area contributed by atoms with E-state index in [0.29, 0.717) is 12.8 Å². The van der Waals surface area contributed by atoms with E-state index in [4.69, 9.17) is 4.74 Å². The molecule has 1 amide bonds. The van der Waals surface area contributed by atoms with E-state index in [0.717, 1.165) is 4.90 Å². The molecule has 1 fully saturated rings. The van der Waals surface area contributed by atoms with Crippen molar-refractivity contribution in [2.45, 2.75) is 31.3 Å². The Balaban J connectivity index is 1.77. The van der Waals surface area contributed by atoms with Crippen LogP contribution < -0.4 is 9.64 Å². The molecule has 2 aromatic carbocycles. The van der Waals surface area contributed by atoms with Gasteiger partial charge in [0.25, 0.3) is 5.91 Å². The fraction of sp³-hybridized carbons (Fsp3) is 0.250. The van der Waals surface area contributed by atoms with Gasteiger partial charge >= 0.3 is 5.97 Å². The minimum absolute atomic E-state index is 0.148. The van der Waals surface area contributed by atoms with Crippen LogP contribution in [0.5, 0.6) is 5.75 Å². The lowest BCUT2D eigenvalue weighted by molar-refractivity contribution is -0.145. The molecular formula is C24H19NO6. The Labute approximate surface area is 177 Å². The number of fused-ring (bicyclic) bond motifs is 3. The van der Waals surface area contributed by atoms with Gasteiger partial charge in [0.15, 0.2) is 17.1 Å². The summed E-state index contributed by atoms with van der Waals surface area (Å²) in [5.41, 5.74) is -2.69. The number of anilines is 1. The van der Waals surface area contributed by atoms with Crippen LogP contribution in [0.4, 0.5) is 5.69 Å². The highest BCUT2D eigenvalue weighted by Crippen LogP contribution is 2.49. The lowest BCUT2D eigenvalue weighted by Gasteiger charge is -2.34. The molecule has 0 aromatic heterocycles. The van der Waals surface area contributed by atoms with Gasteiger partial charge in [-0.15, -0.1) is 0 Å². The predicted octanol–water partition coefficient (Wildman–Crippen LogP) is 2.58. The molecule has 31 heavy (non-hydrogen) atoms. The van der Waals surface area contributed by atoms with Crippen molar-refractivity contribution in [3.63, 3.8) is 0 Å². The Morgan fingerprint density at radius 3 is 2.45 bits per heavy atom. The highest BCUT2D eigenvalue weighted by atomic mass is 16.5. The standard InChI is InChI=1S/C24H19NO6/c26-17-12-6-4-10-15(17)24(30)19(21(27)14-8-2-1-3-9-14)20-22(28)31-18-13-7-5-11-16(18)25(20)23(24)29/h1-3,5,7-9,11,13,15,30H,4,6,10,12H2/t15-,24-/m1/s1. The number of aliphatic hydroxyl groups is 1. The zero-order valence-electron chi connectivity index (χ0n) is 16.5. The summed E-state index contributed by atoms with van der Waals surface area (Å²) in [6, 6.07) is 14.5. The minimum atomic E-state index is -2.43. The topological polar surface area (TPSA) is 101 Å². The van der Waals surface area contributed by atoms with Gasteiger partial charge in [-0.3, -0.25) is 19.3 Å². The maximum absolute atomic E-state index is 13.7. The van der Waals surface area contributed by atoms with Gasteiger partial charge in [-0.1, -0.05) is 48.9 Å². The third-order valence-corrected chi connectivity index (χ3v) is 6.19. The van der Waals surface area contributed by atoms with Crippen molar-refractivity contribution in [3.05, 3.63) is 71.4 Å². The van der Waals surface area contributed by atoms with Gasteiger partial charge in [0.05, 0.1) is 17.2 Å². The summed E-state index contributed by atoms with van der Waals surface area (Å²) < 4.78 is 5.38. The summed E-state index contributed by atoms with van der Waals surface area (Å²) in [4.78, 5) is 54.0. The number of rotatable bonds is 3. The Hall–Kier alpha value is -3.58. The predicted molar refractivity (Wildman–Crippen MR) is 109 cm³/mol. The van der Waals surface area contributed by atoms with E-state index in [1.807, 2.05) is 0 Å². The molecule has 0 radical (unpaired) electrons. The van der Waals surface area contributed by atoms with Crippen LogP contribution in [0.3, 0.4) is 0 Å². The monoisotopic (exact) mass is 417 g/mol. The average Bonchev–Trinajstić information content (AvgIpc) is 3.03. The molecule has 2 aliphatic heterocycles. The molecule has 156 valence electrons. The summed E-state index contributed by atoms with van der Waals surface area (Å²) in [5.74, 6) is -3.70. The molecule has 2 aromatic rings. The summed E-state index contributed by atoms with van der Waals surface area (Å²) in [6.45, 7) is 0. The second kappa shape index (κ2) is 6.99. The number of nitrogens with zero attached hydrogens (tertiary/aromatic N) is 1. The number of para-hydroxylation sites is 2. The number of hydrogen-bond acceptors (Lipinski definition) is 6. The smallest absolute Gasteiger partial charge is 0.361 e. The van der Waals surface area contributed by atoms with Crippen molar-refractivity contribution >= 4 is 29.1 Å². The number of hydrogen-bond donors (Lipinski definition) is 1. The van der Waals surface area contributed by atoms with Gasteiger partial charge in [-0.25, -0.2) is 4.79 Å². The molecule has 0 bridgehead atoms. The van der Waals surface area contributed by atoms with E-state index in [1.54, 1.807) is 36.4 Å². The fourth-order valence-corrected chi connectivity index (χ4v) is 4.73. The number of carbonyl (C=O) groups excluding carboxylic acids is 4. The Bertz CT molecular complexity index is 1170. The third kappa shape index (κ3) is 2.70. The Morgan fingerprint density at radius 1 is 1.00 bits per heavy atom. The van der Waals surface area contributed by atoms with E-state index in [-0.39, 0.29) is 46.9 Å². The first-order valence-electron chi connectivity index (χ1n) is 10.2. The molecule has 1 N–H and O–H groups in total. The third-order valence-electron chi connectivity index (χ3n) is 6.19. The van der Waals surface area contributed by atoms with E-state index in [1.165, 1.54) is 18.2 Å². The van der Waals surface area contributed by atoms with Crippen LogP contribution in [0.1, 0.15) is 36.0 Å². The van der Waals surface area contributed by atoms with Crippen molar-refractivity contribution in [1.82, 2.24) is 0 Å². The summed E-state index contributed by atoms with van der Waals surface area (Å²) >= 11 is 0. The van der Waals surface area contributed by atoms with Crippen molar-refractivity contribution in [3.8, 4) is 5.75 Å². The number of amides is 1. The van der Waals surface area contributed by atoms with Crippen molar-refractivity contribution in [1.29, 1.82) is 0 Å². The van der Waals surface area contributed by atoms with E-state index < -0.39 is 29.2 Å². The Morgan fingerprint density at radius 2 is 1.71 bits per heavy atom. The van der Waals surface area contributed by atoms with Gasteiger partial charge in [-0.05, 0) is 25.0 Å². The SMILES string of the molecule is O=C1Oc2ccccc2N2C(=O)[C@@](O)([C@@H]3CCCCC3=O)C(C(=O)c3ccccc3)=C12. The maximum atomic E-state index is 13.7.